The molecule has 2 N–H and O–H groups in total. The van der Waals surface area contributed by atoms with Crippen LogP contribution in [0.3, 0.4) is 0 Å². The number of carbonyl (C=O) groups is 3. The molecule has 0 aliphatic carbocycles. The summed E-state index contributed by atoms with van der Waals surface area (Å²) in [5, 5.41) is 11.3. The van der Waals surface area contributed by atoms with E-state index in [1.807, 2.05) is 18.2 Å². The highest BCUT2D eigenvalue weighted by Gasteiger charge is 2.25. The zero-order valence-electron chi connectivity index (χ0n) is 13.6. The lowest BCUT2D eigenvalue weighted by molar-refractivity contribution is 0.0606. The molecule has 0 aliphatic rings. The molecule has 0 spiro atoms. The quantitative estimate of drug-likeness (QED) is 0.765. The highest BCUT2D eigenvalue weighted by atomic mass is 32.1. The van der Waals surface area contributed by atoms with E-state index in [2.05, 4.69) is 10.1 Å². The first-order chi connectivity index (χ1) is 12.1. The van der Waals surface area contributed by atoms with Crippen molar-refractivity contribution in [3.05, 3.63) is 57.8 Å². The molecule has 2 rings (SSSR count). The van der Waals surface area contributed by atoms with Gasteiger partial charge in [-0.3, -0.25) is 9.69 Å². The lowest BCUT2D eigenvalue weighted by Crippen LogP contribution is -2.44. The fraction of sp³-hybridized carbons (Fsp3) is 0.235. The number of benzene rings is 1. The highest BCUT2D eigenvalue weighted by molar-refractivity contribution is 7.15. The number of hydrogen-bond acceptors (Lipinski definition) is 6. The van der Waals surface area contributed by atoms with E-state index in [1.54, 1.807) is 12.1 Å². The van der Waals surface area contributed by atoms with Crippen molar-refractivity contribution in [3.63, 3.8) is 0 Å². The van der Waals surface area contributed by atoms with Gasteiger partial charge < -0.3 is 15.2 Å². The van der Waals surface area contributed by atoms with Crippen LogP contribution in [0, 0.1) is 0 Å². The molecule has 3 amide bonds. The molecule has 7 nitrogen and oxygen atoms in total. The van der Waals surface area contributed by atoms with Gasteiger partial charge in [0, 0.05) is 6.54 Å². The van der Waals surface area contributed by atoms with Crippen LogP contribution in [0.25, 0.3) is 0 Å². The van der Waals surface area contributed by atoms with Crippen LogP contribution < -0.4 is 5.32 Å². The average Bonchev–Trinajstić information content (AvgIpc) is 3.14. The number of carbonyl (C=O) groups excluding carboxylic acids is 3. The number of hydrogen-bond donors (Lipinski definition) is 2. The van der Waals surface area contributed by atoms with Crippen molar-refractivity contribution in [2.45, 2.75) is 6.54 Å². The number of imide groups is 1. The van der Waals surface area contributed by atoms with Crippen molar-refractivity contribution < 1.29 is 24.2 Å². The van der Waals surface area contributed by atoms with Gasteiger partial charge in [-0.1, -0.05) is 30.3 Å². The lowest BCUT2D eigenvalue weighted by atomic mass is 10.2. The number of esters is 1. The van der Waals surface area contributed by atoms with E-state index >= 15 is 0 Å². The molecule has 0 saturated carbocycles. The standard InChI is InChI=1S/C17H18N2O5S/c1-24-16(22)14-8-7-13(25-14)15(21)19(17(23)18-9-10-20)11-12-5-3-2-4-6-12/h2-8,20H,9-11H2,1H3,(H,18,23). The zero-order chi connectivity index (χ0) is 18.2. The number of nitrogens with one attached hydrogen (secondary N) is 1. The van der Waals surface area contributed by atoms with Crippen LogP contribution in [0.5, 0.6) is 0 Å². The van der Waals surface area contributed by atoms with Gasteiger partial charge in [0.05, 0.1) is 25.1 Å². The number of ether oxygens (including phenoxy) is 1. The smallest absolute Gasteiger partial charge is 0.348 e. The Bertz CT molecular complexity index is 745. The summed E-state index contributed by atoms with van der Waals surface area (Å²) >= 11 is 0.959. The van der Waals surface area contributed by atoms with Gasteiger partial charge in [0.1, 0.15) is 4.88 Å². The maximum absolute atomic E-state index is 12.7. The summed E-state index contributed by atoms with van der Waals surface area (Å²) < 4.78 is 4.63. The van der Waals surface area contributed by atoms with Crippen molar-refractivity contribution in [2.24, 2.45) is 0 Å². The molecule has 25 heavy (non-hydrogen) atoms. The van der Waals surface area contributed by atoms with Gasteiger partial charge in [-0.25, -0.2) is 9.59 Å². The molecule has 0 radical (unpaired) electrons. The Hall–Kier alpha value is -2.71. The Morgan fingerprint density at radius 3 is 2.44 bits per heavy atom. The summed E-state index contributed by atoms with van der Waals surface area (Å²) in [5.74, 6) is -1.07. The largest absolute Gasteiger partial charge is 0.465 e. The van der Waals surface area contributed by atoms with Crippen molar-refractivity contribution in [3.8, 4) is 0 Å². The second-order valence-electron chi connectivity index (χ2n) is 4.99. The monoisotopic (exact) mass is 362 g/mol. The summed E-state index contributed by atoms with van der Waals surface area (Å²) in [7, 11) is 1.26. The first kappa shape index (κ1) is 18.6. The number of nitrogens with zero attached hydrogens (tertiary/aromatic N) is 1. The van der Waals surface area contributed by atoms with Gasteiger partial charge in [0.2, 0.25) is 0 Å². The fourth-order valence-electron chi connectivity index (χ4n) is 2.06. The molecule has 1 aromatic heterocycles. The molecular formula is C17H18N2O5S. The second-order valence-corrected chi connectivity index (χ2v) is 6.07. The Labute approximate surface area is 148 Å². The zero-order valence-corrected chi connectivity index (χ0v) is 14.4. The summed E-state index contributed by atoms with van der Waals surface area (Å²) in [5.41, 5.74) is 0.778. The Morgan fingerprint density at radius 1 is 1.12 bits per heavy atom. The van der Waals surface area contributed by atoms with Crippen molar-refractivity contribution in [1.29, 1.82) is 0 Å². The first-order valence-electron chi connectivity index (χ1n) is 7.49. The number of amides is 3. The summed E-state index contributed by atoms with van der Waals surface area (Å²) in [4.78, 5) is 38.2. The van der Waals surface area contributed by atoms with E-state index in [1.165, 1.54) is 19.2 Å². The van der Waals surface area contributed by atoms with E-state index in [0.29, 0.717) is 0 Å². The van der Waals surface area contributed by atoms with Gasteiger partial charge in [-0.05, 0) is 17.7 Å². The number of urea groups is 1. The van der Waals surface area contributed by atoms with Crippen LogP contribution in [0.2, 0.25) is 0 Å². The highest BCUT2D eigenvalue weighted by Crippen LogP contribution is 2.20. The van der Waals surface area contributed by atoms with Crippen LogP contribution >= 0.6 is 11.3 Å². The number of rotatable bonds is 6. The second kappa shape index (κ2) is 8.95. The minimum absolute atomic E-state index is 0.0370. The maximum Gasteiger partial charge on any atom is 0.348 e. The average molecular weight is 362 g/mol. The van der Waals surface area contributed by atoms with E-state index in [9.17, 15) is 14.4 Å². The normalized spacial score (nSPS) is 10.2. The third kappa shape index (κ3) is 4.88. The Balaban J connectivity index is 2.23. The third-order valence-corrected chi connectivity index (χ3v) is 4.32. The number of aliphatic hydroxyl groups excluding tert-OH is 1. The van der Waals surface area contributed by atoms with E-state index in [0.717, 1.165) is 21.8 Å². The fourth-order valence-corrected chi connectivity index (χ4v) is 2.93. The van der Waals surface area contributed by atoms with Gasteiger partial charge in [-0.2, -0.15) is 0 Å². The van der Waals surface area contributed by atoms with E-state index < -0.39 is 17.9 Å². The van der Waals surface area contributed by atoms with Crippen LogP contribution in [0.1, 0.15) is 24.9 Å². The predicted octanol–water partition coefficient (Wildman–Crippen LogP) is 1.88. The molecular weight excluding hydrogens is 344 g/mol. The van der Waals surface area contributed by atoms with Crippen molar-refractivity contribution in [2.75, 3.05) is 20.3 Å². The maximum atomic E-state index is 12.7. The minimum Gasteiger partial charge on any atom is -0.465 e. The van der Waals surface area contributed by atoms with Crippen molar-refractivity contribution in [1.82, 2.24) is 10.2 Å². The first-order valence-corrected chi connectivity index (χ1v) is 8.31. The number of methoxy groups -OCH3 is 1. The number of thiophene rings is 1. The molecule has 0 saturated heterocycles. The molecule has 0 fully saturated rings. The molecule has 0 aliphatic heterocycles. The van der Waals surface area contributed by atoms with E-state index in [-0.39, 0.29) is 29.5 Å². The molecule has 0 unspecified atom stereocenters. The summed E-state index contributed by atoms with van der Waals surface area (Å²) in [6, 6.07) is 11.4. The molecule has 1 heterocycles. The molecule has 1 aromatic carbocycles. The van der Waals surface area contributed by atoms with Crippen LogP contribution in [-0.2, 0) is 11.3 Å². The predicted molar refractivity (Wildman–Crippen MR) is 92.5 cm³/mol. The van der Waals surface area contributed by atoms with Gasteiger partial charge in [0.15, 0.2) is 0 Å². The van der Waals surface area contributed by atoms with E-state index in [4.69, 9.17) is 5.11 Å². The molecule has 8 heteroatoms. The number of aliphatic hydroxyl groups is 1. The Morgan fingerprint density at radius 2 is 1.80 bits per heavy atom. The topological polar surface area (TPSA) is 95.9 Å². The molecule has 0 bridgehead atoms. The third-order valence-electron chi connectivity index (χ3n) is 3.27. The van der Waals surface area contributed by atoms with Crippen LogP contribution in [0.4, 0.5) is 4.79 Å². The van der Waals surface area contributed by atoms with Crippen molar-refractivity contribution >= 4 is 29.2 Å². The minimum atomic E-state index is -0.615. The SMILES string of the molecule is COC(=O)c1ccc(C(=O)N(Cc2ccccc2)C(=O)NCCO)s1. The summed E-state index contributed by atoms with van der Waals surface area (Å²) in [6.07, 6.45) is 0. The molecule has 132 valence electrons. The molecule has 2 aromatic rings. The lowest BCUT2D eigenvalue weighted by Gasteiger charge is -2.20. The van der Waals surface area contributed by atoms with Gasteiger partial charge >= 0.3 is 12.0 Å². The molecule has 0 atom stereocenters. The Kier molecular flexibility index (Phi) is 6.67. The van der Waals surface area contributed by atoms with Gasteiger partial charge in [0.25, 0.3) is 5.91 Å². The summed E-state index contributed by atoms with van der Waals surface area (Å²) in [6.45, 7) is -0.123. The van der Waals surface area contributed by atoms with Gasteiger partial charge in [-0.15, -0.1) is 11.3 Å². The van der Waals surface area contributed by atoms with Crippen LogP contribution in [-0.4, -0.2) is 48.2 Å². The van der Waals surface area contributed by atoms with Crippen LogP contribution in [0.15, 0.2) is 42.5 Å².